The Balaban J connectivity index is 0.000000270. The van der Waals surface area contributed by atoms with Gasteiger partial charge in [-0.25, -0.2) is 0 Å². The molecule has 24 heteroatoms. The van der Waals surface area contributed by atoms with Crippen LogP contribution in [0.2, 0.25) is 0 Å². The van der Waals surface area contributed by atoms with E-state index in [1.54, 1.807) is 36.8 Å². The topological polar surface area (TPSA) is 148 Å². The van der Waals surface area contributed by atoms with Crippen LogP contribution in [0.1, 0.15) is 68.7 Å². The summed E-state index contributed by atoms with van der Waals surface area (Å²) in [6, 6.07) is 32.2. The van der Waals surface area contributed by atoms with Crippen LogP contribution in [0.15, 0.2) is 153 Å². The monoisotopic (exact) mass is 1540 g/mol. The van der Waals surface area contributed by atoms with Gasteiger partial charge in [0, 0.05) is 152 Å². The van der Waals surface area contributed by atoms with Crippen LogP contribution >= 0.6 is 0 Å². The number of carbonyl (C=O) groups excluding carboxylic acids is 4. The second kappa shape index (κ2) is 33.7. The zero-order valence-corrected chi connectivity index (χ0v) is 50.7. The van der Waals surface area contributed by atoms with Crippen LogP contribution in [0, 0.1) is 99.3 Å². The second-order valence-electron chi connectivity index (χ2n) is 19.2. The fourth-order valence-electron chi connectivity index (χ4n) is 6.31. The van der Waals surface area contributed by atoms with Gasteiger partial charge < -0.3 is 15.1 Å². The van der Waals surface area contributed by atoms with Gasteiger partial charge in [-0.1, -0.05) is 83.0 Å². The van der Waals surface area contributed by atoms with E-state index < -0.39 is 69.0 Å². The number of hydrogen-bond donors (Lipinski definition) is 0. The molecular weight excluding hydrogens is 1500 g/mol. The quantitative estimate of drug-likeness (QED) is 0.0453. The summed E-state index contributed by atoms with van der Waals surface area (Å²) in [5.41, 5.74) is 0.898. The molecule has 86 heavy (non-hydrogen) atoms. The zero-order chi connectivity index (χ0) is 61.7. The van der Waals surface area contributed by atoms with Crippen LogP contribution in [0.5, 0.6) is 0 Å². The summed E-state index contributed by atoms with van der Waals surface area (Å²) in [4.78, 5) is 51.9. The van der Waals surface area contributed by atoms with E-state index in [2.05, 4.69) is 55.6 Å². The number of Topliss-reactive ketones (excluding diaryl/α,β-unsaturated/α-hetero) is 2. The molecule has 0 spiro atoms. The van der Waals surface area contributed by atoms with Gasteiger partial charge in [0.25, 0.3) is 0 Å². The van der Waals surface area contributed by atoms with Crippen LogP contribution in [0.3, 0.4) is 0 Å². The van der Waals surface area contributed by atoms with Crippen molar-refractivity contribution in [2.75, 3.05) is 0 Å². The van der Waals surface area contributed by atoms with Crippen molar-refractivity contribution in [2.45, 2.75) is 48.0 Å². The SMILES string of the molecule is CC(C)(C)C(=O)CC(=O)C(C)(C)C.Fc1c[c-]c(-[n+]2ccc[n-]2)c(F)c1.Fc1c[c-]c(-n2cccn2)c(F)c1.Fc1c[c-]c(-n2cccn2)c(F)c1.O=Cc1ccnc(-c2[c-]cc(F)cc2F)c1.O=Cc1ccnc(-c2[c-]cc(F)cc2F)c1.[Ir].[Ir]. The van der Waals surface area contributed by atoms with E-state index in [1.165, 1.54) is 69.3 Å². The Morgan fingerprint density at radius 1 is 0.512 bits per heavy atom. The van der Waals surface area contributed by atoms with Crippen LogP contribution in [0.25, 0.3) is 39.6 Å². The molecule has 12 nitrogen and oxygen atoms in total. The zero-order valence-electron chi connectivity index (χ0n) is 46.0. The number of pyridine rings is 2. The Morgan fingerprint density at radius 3 is 1.20 bits per heavy atom. The first kappa shape index (κ1) is 71.6. The molecule has 10 rings (SSSR count). The van der Waals surface area contributed by atoms with Gasteiger partial charge in [0.1, 0.15) is 29.8 Å². The van der Waals surface area contributed by atoms with Gasteiger partial charge in [-0.2, -0.15) is 22.3 Å². The number of hydrogen-bond acceptors (Lipinski definition) is 8. The molecule has 10 aromatic rings. The molecule has 0 aliphatic heterocycles. The van der Waals surface area contributed by atoms with Crippen molar-refractivity contribution in [2.24, 2.45) is 10.8 Å². The fraction of sp³-hybridized carbons (Fsp3) is 0.145. The molecule has 0 atom stereocenters. The number of benzene rings is 5. The maximum atomic E-state index is 13.4. The van der Waals surface area contributed by atoms with Crippen molar-refractivity contribution < 1.29 is 108 Å². The van der Waals surface area contributed by atoms with Gasteiger partial charge in [0.05, 0.1) is 12.2 Å². The summed E-state index contributed by atoms with van der Waals surface area (Å²) < 4.78 is 133. The van der Waals surface area contributed by atoms with Gasteiger partial charge in [0.2, 0.25) is 0 Å². The average molecular weight is 1540 g/mol. The summed E-state index contributed by atoms with van der Waals surface area (Å²) in [5.74, 6) is -6.84. The van der Waals surface area contributed by atoms with Crippen LogP contribution in [0.4, 0.5) is 43.9 Å². The van der Waals surface area contributed by atoms with Gasteiger partial charge in [0.15, 0.2) is 6.20 Å². The van der Waals surface area contributed by atoms with Crippen LogP contribution in [-0.2, 0) is 49.8 Å². The van der Waals surface area contributed by atoms with E-state index in [0.29, 0.717) is 23.7 Å². The number of halogens is 10. The average Bonchev–Trinajstić information content (AvgIpc) is 4.33. The van der Waals surface area contributed by atoms with Crippen molar-refractivity contribution in [1.29, 1.82) is 0 Å². The molecule has 5 heterocycles. The minimum absolute atomic E-state index is 0. The standard InChI is InChI=1S/2C12H6F2NO.C11H20O2.3C9H5F2N2.2Ir/c2*13-9-1-2-10(11(14)6-9)12-5-8(7-16)3-4-15-12;1-10(2,3)8(12)7-9(13)11(4,5)6;3*10-7-2-3-9(8(11)6-7)13-5-1-4-12-13;;/h2*1,3-7H;7H2,1-6H3;3*1-2,4-6H;;/q2*-1;;3*-1;;. The largest absolute Gasteiger partial charge is 0.414 e. The molecule has 5 aromatic heterocycles. The first-order chi connectivity index (χ1) is 39.8. The predicted molar refractivity (Wildman–Crippen MR) is 286 cm³/mol. The summed E-state index contributed by atoms with van der Waals surface area (Å²) in [5, 5.41) is 11.4. The molecule has 0 bridgehead atoms. The molecule has 452 valence electrons. The third kappa shape index (κ3) is 22.1. The third-order valence-corrected chi connectivity index (χ3v) is 10.8. The number of rotatable bonds is 9. The van der Waals surface area contributed by atoms with Crippen molar-refractivity contribution >= 4 is 24.1 Å². The number of ketones is 2. The fourth-order valence-corrected chi connectivity index (χ4v) is 6.31. The summed E-state index contributed by atoms with van der Waals surface area (Å²) in [6.45, 7) is 11.0. The van der Waals surface area contributed by atoms with E-state index in [0.717, 1.165) is 60.7 Å². The maximum absolute atomic E-state index is 13.4. The number of aromatic nitrogens is 8. The third-order valence-electron chi connectivity index (χ3n) is 10.8. The first-order valence-corrected chi connectivity index (χ1v) is 24.5. The van der Waals surface area contributed by atoms with Gasteiger partial charge in [-0.3, -0.25) is 77.1 Å². The van der Waals surface area contributed by atoms with Crippen molar-refractivity contribution in [3.8, 4) is 39.6 Å². The Kier molecular flexibility index (Phi) is 28.1. The summed E-state index contributed by atoms with van der Waals surface area (Å²) in [6.07, 6.45) is 13.3. The minimum Gasteiger partial charge on any atom is -0.414 e. The molecule has 0 saturated heterocycles. The Morgan fingerprint density at radius 2 is 0.884 bits per heavy atom. The smallest absolute Gasteiger partial charge is 0.161 e. The van der Waals surface area contributed by atoms with E-state index in [-0.39, 0.29) is 97.8 Å². The number of nitrogens with zero attached hydrogens (tertiary/aromatic N) is 8. The molecule has 0 unspecified atom stereocenters. The summed E-state index contributed by atoms with van der Waals surface area (Å²) in [7, 11) is 0. The number of carbonyl (C=O) groups is 4. The predicted octanol–water partition coefficient (Wildman–Crippen LogP) is 12.8. The van der Waals surface area contributed by atoms with Gasteiger partial charge in [-0.15, -0.1) is 66.9 Å². The molecule has 0 fully saturated rings. The van der Waals surface area contributed by atoms with Crippen molar-refractivity contribution in [3.63, 3.8) is 0 Å². The molecule has 0 aliphatic rings. The minimum atomic E-state index is -0.754. The van der Waals surface area contributed by atoms with Gasteiger partial charge in [-0.05, 0) is 53.1 Å². The maximum Gasteiger partial charge on any atom is 0.161 e. The molecule has 0 aliphatic carbocycles. The van der Waals surface area contributed by atoms with Crippen molar-refractivity contribution in [3.05, 3.63) is 252 Å². The van der Waals surface area contributed by atoms with E-state index >= 15 is 0 Å². The molecule has 2 radical (unpaired) electrons. The van der Waals surface area contributed by atoms with Crippen LogP contribution in [-0.4, -0.2) is 53.7 Å². The van der Waals surface area contributed by atoms with E-state index in [9.17, 15) is 63.1 Å². The Hall–Kier alpha value is -8.69. The van der Waals surface area contributed by atoms with E-state index in [4.69, 9.17) is 0 Å². The molecule has 0 N–H and O–H groups in total. The molecule has 5 aromatic carbocycles. The van der Waals surface area contributed by atoms with E-state index in [1.807, 2.05) is 41.5 Å². The molecular formula is C62H47F10Ir2N8O4-5. The van der Waals surface area contributed by atoms with Crippen molar-refractivity contribution in [1.82, 2.24) is 34.6 Å². The van der Waals surface area contributed by atoms with Gasteiger partial charge >= 0.3 is 0 Å². The first-order valence-electron chi connectivity index (χ1n) is 24.5. The number of aldehydes is 2. The summed E-state index contributed by atoms with van der Waals surface area (Å²) >= 11 is 0. The Labute approximate surface area is 514 Å². The molecule has 0 amide bonds. The van der Waals surface area contributed by atoms with Crippen LogP contribution < -0.4 is 9.78 Å². The Bertz CT molecular complexity index is 3490. The second-order valence-corrected chi connectivity index (χ2v) is 19.2. The normalized spacial score (nSPS) is 10.4. The molecule has 0 saturated carbocycles.